The summed E-state index contributed by atoms with van der Waals surface area (Å²) in [6.45, 7) is 2.02. The van der Waals surface area contributed by atoms with Crippen molar-refractivity contribution in [3.8, 4) is 0 Å². The van der Waals surface area contributed by atoms with Crippen molar-refractivity contribution < 1.29 is 9.90 Å². The minimum Gasteiger partial charge on any atom is -0.481 e. The lowest BCUT2D eigenvalue weighted by atomic mass is 10.1. The fourth-order valence-electron chi connectivity index (χ4n) is 1.78. The zero-order valence-electron chi connectivity index (χ0n) is 10.2. The maximum absolute atomic E-state index is 10.4. The molecule has 0 radical (unpaired) electrons. The first kappa shape index (κ1) is 12.3. The van der Waals surface area contributed by atoms with Crippen LogP contribution in [0.1, 0.15) is 26.2 Å². The van der Waals surface area contributed by atoms with Crippen LogP contribution in [0.3, 0.4) is 0 Å². The van der Waals surface area contributed by atoms with Crippen LogP contribution in [0.15, 0.2) is 24.5 Å². The number of anilines is 1. The van der Waals surface area contributed by atoms with Gasteiger partial charge in [-0.3, -0.25) is 4.79 Å². The standard InChI is InChI=1S/C12H16N4O2/c1-9(3-2-4-12(17)18)14-10-6-8-16-11(15-10)5-7-13-16/h5-9H,2-4H2,1H3,(H,14,15)(H,17,18). The minimum absolute atomic E-state index is 0.197. The summed E-state index contributed by atoms with van der Waals surface area (Å²) in [5, 5.41) is 15.9. The molecule has 2 aromatic heterocycles. The number of hydrogen-bond acceptors (Lipinski definition) is 4. The molecule has 96 valence electrons. The van der Waals surface area contributed by atoms with Crippen molar-refractivity contribution in [1.82, 2.24) is 14.6 Å². The lowest BCUT2D eigenvalue weighted by Crippen LogP contribution is -2.16. The number of carbonyl (C=O) groups is 1. The van der Waals surface area contributed by atoms with Crippen molar-refractivity contribution >= 4 is 17.4 Å². The second-order valence-corrected chi connectivity index (χ2v) is 4.28. The summed E-state index contributed by atoms with van der Waals surface area (Å²) in [5.74, 6) is 0.0341. The monoisotopic (exact) mass is 248 g/mol. The molecule has 0 fully saturated rings. The van der Waals surface area contributed by atoms with Crippen LogP contribution >= 0.6 is 0 Å². The van der Waals surface area contributed by atoms with Gasteiger partial charge in [0.15, 0.2) is 5.65 Å². The maximum Gasteiger partial charge on any atom is 0.303 e. The summed E-state index contributed by atoms with van der Waals surface area (Å²) in [7, 11) is 0. The van der Waals surface area contributed by atoms with Crippen molar-refractivity contribution in [3.63, 3.8) is 0 Å². The first-order valence-electron chi connectivity index (χ1n) is 5.94. The largest absolute Gasteiger partial charge is 0.481 e. The third kappa shape index (κ3) is 3.19. The van der Waals surface area contributed by atoms with Gasteiger partial charge in [-0.15, -0.1) is 0 Å². The Morgan fingerprint density at radius 3 is 3.17 bits per heavy atom. The number of fused-ring (bicyclic) bond motifs is 1. The van der Waals surface area contributed by atoms with E-state index in [-0.39, 0.29) is 12.5 Å². The van der Waals surface area contributed by atoms with Gasteiger partial charge in [0.05, 0.1) is 6.20 Å². The molecule has 0 aliphatic rings. The quantitative estimate of drug-likeness (QED) is 0.814. The van der Waals surface area contributed by atoms with Crippen LogP contribution in [-0.4, -0.2) is 31.7 Å². The molecule has 2 aromatic rings. The molecule has 2 N–H and O–H groups in total. The number of nitrogens with one attached hydrogen (secondary N) is 1. The van der Waals surface area contributed by atoms with E-state index in [0.29, 0.717) is 6.42 Å². The molecule has 2 rings (SSSR count). The average molecular weight is 248 g/mol. The van der Waals surface area contributed by atoms with E-state index in [9.17, 15) is 4.79 Å². The van der Waals surface area contributed by atoms with E-state index in [0.717, 1.165) is 17.9 Å². The van der Waals surface area contributed by atoms with Crippen molar-refractivity contribution in [2.45, 2.75) is 32.2 Å². The van der Waals surface area contributed by atoms with Gasteiger partial charge in [0, 0.05) is 24.7 Å². The second kappa shape index (κ2) is 5.48. The van der Waals surface area contributed by atoms with Gasteiger partial charge < -0.3 is 10.4 Å². The molecule has 0 bridgehead atoms. The predicted molar refractivity (Wildman–Crippen MR) is 67.6 cm³/mol. The predicted octanol–water partition coefficient (Wildman–Crippen LogP) is 1.78. The lowest BCUT2D eigenvalue weighted by molar-refractivity contribution is -0.137. The zero-order chi connectivity index (χ0) is 13.0. The van der Waals surface area contributed by atoms with E-state index >= 15 is 0 Å². The Balaban J connectivity index is 1.89. The smallest absolute Gasteiger partial charge is 0.303 e. The molecule has 1 atom stereocenters. The minimum atomic E-state index is -0.749. The van der Waals surface area contributed by atoms with Gasteiger partial charge in [-0.1, -0.05) is 0 Å². The Bertz CT molecular complexity index is 538. The normalized spacial score (nSPS) is 12.5. The molecule has 0 saturated heterocycles. The van der Waals surface area contributed by atoms with Crippen molar-refractivity contribution in [2.75, 3.05) is 5.32 Å². The first-order chi connectivity index (χ1) is 8.65. The second-order valence-electron chi connectivity index (χ2n) is 4.28. The molecular weight excluding hydrogens is 232 g/mol. The van der Waals surface area contributed by atoms with Crippen LogP contribution in [-0.2, 0) is 4.79 Å². The number of hydrogen-bond donors (Lipinski definition) is 2. The van der Waals surface area contributed by atoms with Gasteiger partial charge in [0.1, 0.15) is 5.82 Å². The molecule has 1 unspecified atom stereocenters. The topological polar surface area (TPSA) is 79.5 Å². The Hall–Kier alpha value is -2.11. The third-order valence-corrected chi connectivity index (χ3v) is 2.68. The highest BCUT2D eigenvalue weighted by atomic mass is 16.4. The van der Waals surface area contributed by atoms with E-state index in [1.54, 1.807) is 10.7 Å². The highest BCUT2D eigenvalue weighted by Gasteiger charge is 2.05. The third-order valence-electron chi connectivity index (χ3n) is 2.68. The number of rotatable bonds is 6. The molecule has 0 aliphatic heterocycles. The Morgan fingerprint density at radius 2 is 2.39 bits per heavy atom. The zero-order valence-corrected chi connectivity index (χ0v) is 10.2. The lowest BCUT2D eigenvalue weighted by Gasteiger charge is -2.13. The molecule has 0 spiro atoms. The van der Waals surface area contributed by atoms with E-state index in [2.05, 4.69) is 15.4 Å². The molecule has 18 heavy (non-hydrogen) atoms. The molecule has 0 aromatic carbocycles. The Labute approximate surface area is 105 Å². The number of aliphatic carboxylic acids is 1. The summed E-state index contributed by atoms with van der Waals surface area (Å²) in [5.41, 5.74) is 0.790. The van der Waals surface area contributed by atoms with Crippen LogP contribution in [0.4, 0.5) is 5.82 Å². The van der Waals surface area contributed by atoms with Gasteiger partial charge in [-0.05, 0) is 25.8 Å². The summed E-state index contributed by atoms with van der Waals surface area (Å²) >= 11 is 0. The van der Waals surface area contributed by atoms with Crippen LogP contribution in [0.5, 0.6) is 0 Å². The van der Waals surface area contributed by atoms with Crippen molar-refractivity contribution in [3.05, 3.63) is 24.5 Å². The summed E-state index contributed by atoms with van der Waals surface area (Å²) < 4.78 is 1.69. The molecule has 6 nitrogen and oxygen atoms in total. The molecule has 0 amide bonds. The van der Waals surface area contributed by atoms with Gasteiger partial charge in [0.2, 0.25) is 0 Å². The van der Waals surface area contributed by atoms with E-state index < -0.39 is 5.97 Å². The van der Waals surface area contributed by atoms with Crippen molar-refractivity contribution in [2.24, 2.45) is 0 Å². The molecular formula is C12H16N4O2. The maximum atomic E-state index is 10.4. The molecule has 0 saturated carbocycles. The number of aromatic nitrogens is 3. The highest BCUT2D eigenvalue weighted by Crippen LogP contribution is 2.10. The number of carboxylic acids is 1. The molecule has 6 heteroatoms. The first-order valence-corrected chi connectivity index (χ1v) is 5.94. The average Bonchev–Trinajstić information content (AvgIpc) is 2.75. The van der Waals surface area contributed by atoms with Gasteiger partial charge in [-0.2, -0.15) is 5.10 Å². The van der Waals surface area contributed by atoms with Gasteiger partial charge >= 0.3 is 5.97 Å². The van der Waals surface area contributed by atoms with E-state index in [1.807, 2.05) is 25.3 Å². The van der Waals surface area contributed by atoms with Crippen LogP contribution in [0.2, 0.25) is 0 Å². The summed E-state index contributed by atoms with van der Waals surface area (Å²) in [4.78, 5) is 14.8. The fraction of sp³-hybridized carbons (Fsp3) is 0.417. The summed E-state index contributed by atoms with van der Waals surface area (Å²) in [6.07, 6.45) is 5.22. The fourth-order valence-corrected chi connectivity index (χ4v) is 1.78. The van der Waals surface area contributed by atoms with Crippen LogP contribution in [0, 0.1) is 0 Å². The van der Waals surface area contributed by atoms with E-state index in [1.165, 1.54) is 0 Å². The van der Waals surface area contributed by atoms with E-state index in [4.69, 9.17) is 5.11 Å². The number of nitrogens with zero attached hydrogens (tertiary/aromatic N) is 3. The summed E-state index contributed by atoms with van der Waals surface area (Å²) in [6, 6.07) is 3.88. The van der Waals surface area contributed by atoms with Gasteiger partial charge in [0.25, 0.3) is 0 Å². The molecule has 0 aliphatic carbocycles. The Kier molecular flexibility index (Phi) is 3.76. The number of carboxylic acid groups (broad SMARTS) is 1. The SMILES string of the molecule is CC(CCCC(=O)O)Nc1ccn2nccc2n1. The van der Waals surface area contributed by atoms with Crippen LogP contribution in [0.25, 0.3) is 5.65 Å². The molecule has 2 heterocycles. The van der Waals surface area contributed by atoms with Gasteiger partial charge in [-0.25, -0.2) is 9.50 Å². The van der Waals surface area contributed by atoms with Crippen LogP contribution < -0.4 is 5.32 Å². The highest BCUT2D eigenvalue weighted by molar-refractivity contribution is 5.66. The van der Waals surface area contributed by atoms with Crippen molar-refractivity contribution in [1.29, 1.82) is 0 Å². The Morgan fingerprint density at radius 1 is 1.56 bits per heavy atom.